The number of rotatable bonds is 16. The molecule has 1 N–H and O–H groups in total. The molecule has 1 saturated heterocycles. The van der Waals surface area contributed by atoms with E-state index in [1.807, 2.05) is 91.0 Å². The maximum Gasteiger partial charge on any atom is 0.305 e. The Morgan fingerprint density at radius 1 is 0.844 bits per heavy atom. The summed E-state index contributed by atoms with van der Waals surface area (Å²) in [6, 6.07) is 29.2. The first-order valence-corrected chi connectivity index (χ1v) is 14.9. The van der Waals surface area contributed by atoms with Gasteiger partial charge in [0, 0.05) is 13.3 Å². The first kappa shape index (κ1) is 33.8. The summed E-state index contributed by atoms with van der Waals surface area (Å²) in [5.74, 6) is 1.65. The molecular weight excluding hydrogens is 574 g/mol. The van der Waals surface area contributed by atoms with Gasteiger partial charge in [0.05, 0.1) is 33.5 Å². The zero-order chi connectivity index (χ0) is 31.9. The molecule has 4 rings (SSSR count). The third-order valence-corrected chi connectivity index (χ3v) is 7.54. The van der Waals surface area contributed by atoms with Gasteiger partial charge in [-0.25, -0.2) is 0 Å². The van der Waals surface area contributed by atoms with Crippen molar-refractivity contribution in [1.82, 2.24) is 5.32 Å². The van der Waals surface area contributed by atoms with Crippen LogP contribution in [0.2, 0.25) is 0 Å². The molecular formula is C36H41NO8. The number of terminal acetylenes is 1. The molecule has 0 bridgehead atoms. The minimum absolute atomic E-state index is 0.0537. The van der Waals surface area contributed by atoms with Crippen LogP contribution in [0.4, 0.5) is 0 Å². The second-order valence-corrected chi connectivity index (χ2v) is 10.8. The Morgan fingerprint density at radius 2 is 1.40 bits per heavy atom. The highest BCUT2D eigenvalue weighted by Crippen LogP contribution is 2.39. The second-order valence-electron chi connectivity index (χ2n) is 10.8. The van der Waals surface area contributed by atoms with Crippen molar-refractivity contribution in [3.8, 4) is 12.3 Å². The van der Waals surface area contributed by atoms with Crippen molar-refractivity contribution in [2.45, 2.75) is 69.7 Å². The maximum absolute atomic E-state index is 12.9. The molecule has 0 saturated carbocycles. The van der Waals surface area contributed by atoms with Crippen LogP contribution in [0.1, 0.15) is 36.5 Å². The summed E-state index contributed by atoms with van der Waals surface area (Å²) in [6.45, 7) is 2.18. The van der Waals surface area contributed by atoms with E-state index in [1.54, 1.807) is 0 Å². The maximum atomic E-state index is 12.9. The number of carbonyl (C=O) groups excluding carboxylic acids is 2. The van der Waals surface area contributed by atoms with Gasteiger partial charge in [0.2, 0.25) is 5.91 Å². The van der Waals surface area contributed by atoms with E-state index in [0.717, 1.165) is 16.7 Å². The summed E-state index contributed by atoms with van der Waals surface area (Å²) in [5.41, 5.74) is 1.46. The topological polar surface area (TPSA) is 102 Å². The lowest BCUT2D eigenvalue weighted by atomic mass is 9.79. The van der Waals surface area contributed by atoms with Crippen LogP contribution < -0.4 is 5.32 Å². The average molecular weight is 616 g/mol. The first-order valence-electron chi connectivity index (χ1n) is 14.9. The molecule has 3 aromatic rings. The molecule has 0 radical (unpaired) electrons. The zero-order valence-corrected chi connectivity index (χ0v) is 25.8. The molecule has 3 aromatic carbocycles. The monoisotopic (exact) mass is 615 g/mol. The fourth-order valence-electron chi connectivity index (χ4n) is 5.45. The predicted molar refractivity (Wildman–Crippen MR) is 167 cm³/mol. The standard InChI is InChI=1S/C36H41NO8/c1-4-22-42-35-36(37-27(2)38,21-20-32(39)40-3)34(44-25-30-18-12-7-13-19-30)33(43-24-29-16-10-6-11-17-29)31(45-35)26-41-23-28-14-8-5-9-15-28/h1,5-19,31,33-35H,20-26H2,2-3H3,(H,37,38)/t31-,33+,34+,35+,36-/m1/s1. The molecule has 0 aliphatic carbocycles. The number of nitrogens with one attached hydrogen (secondary N) is 1. The lowest BCUT2D eigenvalue weighted by Gasteiger charge is -2.53. The van der Waals surface area contributed by atoms with Crippen molar-refractivity contribution < 1.29 is 38.0 Å². The van der Waals surface area contributed by atoms with Crippen LogP contribution in [0.25, 0.3) is 0 Å². The Hall–Kier alpha value is -4.04. The summed E-state index contributed by atoms with van der Waals surface area (Å²) in [6.07, 6.45) is 2.18. The largest absolute Gasteiger partial charge is 0.469 e. The van der Waals surface area contributed by atoms with Gasteiger partial charge in [-0.15, -0.1) is 6.42 Å². The summed E-state index contributed by atoms with van der Waals surface area (Å²) >= 11 is 0. The van der Waals surface area contributed by atoms with Crippen LogP contribution in [0, 0.1) is 12.3 Å². The van der Waals surface area contributed by atoms with Crippen LogP contribution in [-0.4, -0.2) is 62.3 Å². The molecule has 1 aliphatic heterocycles. The Balaban J connectivity index is 1.75. The van der Waals surface area contributed by atoms with E-state index >= 15 is 0 Å². The minimum Gasteiger partial charge on any atom is -0.469 e. The minimum atomic E-state index is -1.39. The number of methoxy groups -OCH3 is 1. The first-order chi connectivity index (χ1) is 21.9. The van der Waals surface area contributed by atoms with Crippen molar-refractivity contribution in [1.29, 1.82) is 0 Å². The molecule has 1 amide bonds. The molecule has 1 aliphatic rings. The third kappa shape index (κ3) is 9.72. The highest BCUT2D eigenvalue weighted by Gasteiger charge is 2.59. The Bertz CT molecular complexity index is 1360. The summed E-state index contributed by atoms with van der Waals surface area (Å²) in [7, 11) is 1.31. The van der Waals surface area contributed by atoms with Crippen molar-refractivity contribution in [3.05, 3.63) is 108 Å². The SMILES string of the molecule is C#CCO[C@H]1O[C@H](COCc2ccccc2)[C@H](OCc2ccccc2)[C@H](OCc2ccccc2)[C@@]1(CCC(=O)OC)NC(C)=O. The Kier molecular flexibility index (Phi) is 13.1. The number of benzene rings is 3. The summed E-state index contributed by atoms with van der Waals surface area (Å²) < 4.78 is 37.1. The zero-order valence-electron chi connectivity index (χ0n) is 25.8. The number of ether oxygens (including phenoxy) is 6. The van der Waals surface area contributed by atoms with Crippen molar-refractivity contribution in [3.63, 3.8) is 0 Å². The van der Waals surface area contributed by atoms with E-state index in [-0.39, 0.29) is 45.2 Å². The van der Waals surface area contributed by atoms with Gasteiger partial charge in [-0.05, 0) is 23.1 Å². The van der Waals surface area contributed by atoms with Crippen LogP contribution >= 0.6 is 0 Å². The lowest BCUT2D eigenvalue weighted by Crippen LogP contribution is -2.74. The lowest BCUT2D eigenvalue weighted by molar-refractivity contribution is -0.315. The summed E-state index contributed by atoms with van der Waals surface area (Å²) in [5, 5.41) is 3.04. The third-order valence-electron chi connectivity index (χ3n) is 7.54. The molecule has 238 valence electrons. The van der Waals surface area contributed by atoms with Gasteiger partial charge in [-0.1, -0.05) is 96.9 Å². The molecule has 9 heteroatoms. The highest BCUT2D eigenvalue weighted by atomic mass is 16.7. The fraction of sp³-hybridized carbons (Fsp3) is 0.389. The van der Waals surface area contributed by atoms with Gasteiger partial charge < -0.3 is 33.7 Å². The van der Waals surface area contributed by atoms with E-state index in [2.05, 4.69) is 11.2 Å². The van der Waals surface area contributed by atoms with E-state index < -0.39 is 36.1 Å². The Labute approximate surface area is 265 Å². The van der Waals surface area contributed by atoms with Crippen LogP contribution in [-0.2, 0) is 57.8 Å². The number of hydrogen-bond donors (Lipinski definition) is 1. The molecule has 1 heterocycles. The van der Waals surface area contributed by atoms with Gasteiger partial charge in [-0.3, -0.25) is 9.59 Å². The quantitative estimate of drug-likeness (QED) is 0.185. The van der Waals surface area contributed by atoms with Gasteiger partial charge in [0.15, 0.2) is 6.29 Å². The predicted octanol–water partition coefficient (Wildman–Crippen LogP) is 4.58. The van der Waals surface area contributed by atoms with Crippen LogP contribution in [0.5, 0.6) is 0 Å². The van der Waals surface area contributed by atoms with Gasteiger partial charge in [-0.2, -0.15) is 0 Å². The normalized spacial score (nSPS) is 22.7. The number of carbonyl (C=O) groups is 2. The van der Waals surface area contributed by atoms with Crippen molar-refractivity contribution in [2.24, 2.45) is 0 Å². The van der Waals surface area contributed by atoms with Gasteiger partial charge in [0.25, 0.3) is 0 Å². The summed E-state index contributed by atoms with van der Waals surface area (Å²) in [4.78, 5) is 25.3. The van der Waals surface area contributed by atoms with Crippen molar-refractivity contribution in [2.75, 3.05) is 20.3 Å². The smallest absolute Gasteiger partial charge is 0.305 e. The van der Waals surface area contributed by atoms with Crippen molar-refractivity contribution >= 4 is 11.9 Å². The number of amides is 1. The van der Waals surface area contributed by atoms with Crippen LogP contribution in [0.3, 0.4) is 0 Å². The second kappa shape index (κ2) is 17.4. The van der Waals surface area contributed by atoms with E-state index in [1.165, 1.54) is 14.0 Å². The fourth-order valence-corrected chi connectivity index (χ4v) is 5.45. The van der Waals surface area contributed by atoms with E-state index in [0.29, 0.717) is 6.61 Å². The molecule has 1 fully saturated rings. The van der Waals surface area contributed by atoms with Crippen LogP contribution in [0.15, 0.2) is 91.0 Å². The molecule has 45 heavy (non-hydrogen) atoms. The molecule has 0 unspecified atom stereocenters. The van der Waals surface area contributed by atoms with Gasteiger partial charge in [0.1, 0.15) is 30.5 Å². The number of hydrogen-bond acceptors (Lipinski definition) is 8. The molecule has 0 spiro atoms. The molecule has 9 nitrogen and oxygen atoms in total. The molecule has 0 aromatic heterocycles. The highest BCUT2D eigenvalue weighted by molar-refractivity contribution is 5.74. The van der Waals surface area contributed by atoms with E-state index in [4.69, 9.17) is 34.8 Å². The van der Waals surface area contributed by atoms with Gasteiger partial charge >= 0.3 is 5.97 Å². The molecule has 5 atom stereocenters. The number of esters is 1. The van der Waals surface area contributed by atoms with E-state index in [9.17, 15) is 9.59 Å². The average Bonchev–Trinajstić information content (AvgIpc) is 3.06. The Morgan fingerprint density at radius 3 is 1.93 bits per heavy atom.